The zero-order valence-electron chi connectivity index (χ0n) is 18.5. The molecular formula is C25H33N3O3. The molecule has 2 aromatic carbocycles. The highest BCUT2D eigenvalue weighted by Crippen LogP contribution is 2.18. The number of hydrogen-bond acceptors (Lipinski definition) is 4. The largest absolute Gasteiger partial charge is 0.497 e. The molecule has 6 nitrogen and oxygen atoms in total. The molecule has 2 amide bonds. The molecule has 1 fully saturated rings. The lowest BCUT2D eigenvalue weighted by Crippen LogP contribution is -2.38. The number of likely N-dealkylation sites (tertiary alicyclic amines) is 1. The van der Waals surface area contributed by atoms with Crippen molar-refractivity contribution in [2.45, 2.75) is 45.1 Å². The average Bonchev–Trinajstić information content (AvgIpc) is 2.80. The Balaban J connectivity index is 1.49. The topological polar surface area (TPSA) is 70.7 Å². The van der Waals surface area contributed by atoms with E-state index in [1.165, 1.54) is 25.8 Å². The first-order valence-corrected chi connectivity index (χ1v) is 11.1. The molecule has 1 aliphatic rings. The van der Waals surface area contributed by atoms with Crippen LogP contribution in [0.2, 0.25) is 0 Å². The van der Waals surface area contributed by atoms with Crippen molar-refractivity contribution in [3.63, 3.8) is 0 Å². The smallest absolute Gasteiger partial charge is 0.255 e. The van der Waals surface area contributed by atoms with Crippen LogP contribution in [0.3, 0.4) is 0 Å². The van der Waals surface area contributed by atoms with E-state index in [9.17, 15) is 9.59 Å². The van der Waals surface area contributed by atoms with Crippen LogP contribution < -0.4 is 15.4 Å². The van der Waals surface area contributed by atoms with Crippen molar-refractivity contribution in [2.24, 2.45) is 0 Å². The molecular weight excluding hydrogens is 390 g/mol. The second-order valence-corrected chi connectivity index (χ2v) is 8.07. The first kappa shape index (κ1) is 22.8. The van der Waals surface area contributed by atoms with E-state index < -0.39 is 0 Å². The lowest BCUT2D eigenvalue weighted by Gasteiger charge is -2.33. The second kappa shape index (κ2) is 11.5. The number of piperidine rings is 1. The summed E-state index contributed by atoms with van der Waals surface area (Å²) in [7, 11) is 1.58. The lowest BCUT2D eigenvalue weighted by atomic mass is 10.0. The predicted octanol–water partition coefficient (Wildman–Crippen LogP) is 4.33. The number of para-hydroxylation sites is 1. The van der Waals surface area contributed by atoms with Gasteiger partial charge in [0.05, 0.1) is 18.4 Å². The summed E-state index contributed by atoms with van der Waals surface area (Å²) in [6.45, 7) is 5.21. The number of amides is 2. The highest BCUT2D eigenvalue weighted by atomic mass is 16.5. The van der Waals surface area contributed by atoms with Crippen molar-refractivity contribution in [1.82, 2.24) is 10.2 Å². The highest BCUT2D eigenvalue weighted by molar-refractivity contribution is 6.09. The van der Waals surface area contributed by atoms with Crippen LogP contribution >= 0.6 is 0 Å². The summed E-state index contributed by atoms with van der Waals surface area (Å²) in [6, 6.07) is 14.6. The Labute approximate surface area is 185 Å². The molecule has 2 aromatic rings. The van der Waals surface area contributed by atoms with E-state index in [1.807, 2.05) is 0 Å². The summed E-state index contributed by atoms with van der Waals surface area (Å²) >= 11 is 0. The summed E-state index contributed by atoms with van der Waals surface area (Å²) < 4.78 is 5.12. The molecule has 0 aromatic heterocycles. The Morgan fingerprint density at radius 2 is 1.81 bits per heavy atom. The Kier molecular flexibility index (Phi) is 8.47. The Bertz CT molecular complexity index is 867. The average molecular weight is 424 g/mol. The maximum absolute atomic E-state index is 12.7. The van der Waals surface area contributed by atoms with Gasteiger partial charge in [-0.1, -0.05) is 18.6 Å². The van der Waals surface area contributed by atoms with E-state index in [0.717, 1.165) is 19.4 Å². The predicted molar refractivity (Wildman–Crippen MR) is 124 cm³/mol. The number of nitrogens with zero attached hydrogens (tertiary/aromatic N) is 1. The van der Waals surface area contributed by atoms with Crippen molar-refractivity contribution in [3.05, 3.63) is 59.7 Å². The van der Waals surface area contributed by atoms with Crippen molar-refractivity contribution < 1.29 is 14.3 Å². The molecule has 0 radical (unpaired) electrons. The SMILES string of the molecule is COc1ccc(C(=O)Nc2ccccc2C(=O)NCCCCN2CCCCC2C)cc1. The molecule has 2 N–H and O–H groups in total. The summed E-state index contributed by atoms with van der Waals surface area (Å²) in [5.74, 6) is 0.251. The molecule has 0 saturated carbocycles. The number of hydrogen-bond donors (Lipinski definition) is 2. The molecule has 1 heterocycles. The van der Waals surface area contributed by atoms with E-state index in [2.05, 4.69) is 22.5 Å². The van der Waals surface area contributed by atoms with Gasteiger partial charge in [0.15, 0.2) is 0 Å². The number of ether oxygens (including phenoxy) is 1. The van der Waals surface area contributed by atoms with Gasteiger partial charge in [0.2, 0.25) is 0 Å². The number of benzene rings is 2. The zero-order chi connectivity index (χ0) is 22.1. The van der Waals surface area contributed by atoms with E-state index in [1.54, 1.807) is 55.6 Å². The molecule has 166 valence electrons. The van der Waals surface area contributed by atoms with Crippen LogP contribution in [0.4, 0.5) is 5.69 Å². The van der Waals surface area contributed by atoms with E-state index in [0.29, 0.717) is 35.2 Å². The molecule has 31 heavy (non-hydrogen) atoms. The van der Waals surface area contributed by atoms with Gasteiger partial charge in [-0.3, -0.25) is 9.59 Å². The van der Waals surface area contributed by atoms with Gasteiger partial charge in [-0.15, -0.1) is 0 Å². The van der Waals surface area contributed by atoms with Crippen LogP contribution in [0.25, 0.3) is 0 Å². The van der Waals surface area contributed by atoms with Gasteiger partial charge in [-0.05, 0) is 82.1 Å². The number of unbranched alkanes of at least 4 members (excludes halogenated alkanes) is 1. The van der Waals surface area contributed by atoms with E-state index in [4.69, 9.17) is 4.74 Å². The lowest BCUT2D eigenvalue weighted by molar-refractivity contribution is 0.0952. The quantitative estimate of drug-likeness (QED) is 0.589. The van der Waals surface area contributed by atoms with E-state index >= 15 is 0 Å². The molecule has 0 bridgehead atoms. The first-order chi connectivity index (χ1) is 15.1. The van der Waals surface area contributed by atoms with Gasteiger partial charge < -0.3 is 20.3 Å². The summed E-state index contributed by atoms with van der Waals surface area (Å²) in [6.07, 6.45) is 5.92. The second-order valence-electron chi connectivity index (χ2n) is 8.07. The third-order valence-electron chi connectivity index (χ3n) is 5.87. The summed E-state index contributed by atoms with van der Waals surface area (Å²) in [5, 5.41) is 5.84. The molecule has 3 rings (SSSR count). The minimum Gasteiger partial charge on any atom is -0.497 e. The third kappa shape index (κ3) is 6.56. The van der Waals surface area contributed by atoms with Gasteiger partial charge in [-0.2, -0.15) is 0 Å². The van der Waals surface area contributed by atoms with Crippen molar-refractivity contribution in [2.75, 3.05) is 32.1 Å². The number of rotatable bonds is 9. The molecule has 0 aliphatic carbocycles. The minimum atomic E-state index is -0.265. The van der Waals surface area contributed by atoms with Crippen molar-refractivity contribution >= 4 is 17.5 Å². The van der Waals surface area contributed by atoms with Crippen LogP contribution in [0, 0.1) is 0 Å². The Hall–Kier alpha value is -2.86. The molecule has 0 spiro atoms. The van der Waals surface area contributed by atoms with Crippen molar-refractivity contribution in [1.29, 1.82) is 0 Å². The molecule has 1 unspecified atom stereocenters. The number of nitrogens with one attached hydrogen (secondary N) is 2. The van der Waals surface area contributed by atoms with Gasteiger partial charge >= 0.3 is 0 Å². The third-order valence-corrected chi connectivity index (χ3v) is 5.87. The van der Waals surface area contributed by atoms with Crippen LogP contribution in [0.1, 0.15) is 59.7 Å². The van der Waals surface area contributed by atoms with Gasteiger partial charge in [-0.25, -0.2) is 0 Å². The first-order valence-electron chi connectivity index (χ1n) is 11.1. The monoisotopic (exact) mass is 423 g/mol. The van der Waals surface area contributed by atoms with Crippen LogP contribution in [-0.4, -0.2) is 49.5 Å². The Morgan fingerprint density at radius 1 is 1.03 bits per heavy atom. The molecule has 6 heteroatoms. The molecule has 1 aliphatic heterocycles. The maximum atomic E-state index is 12.7. The van der Waals surface area contributed by atoms with Crippen LogP contribution in [0.15, 0.2) is 48.5 Å². The van der Waals surface area contributed by atoms with Gasteiger partial charge in [0.25, 0.3) is 11.8 Å². The van der Waals surface area contributed by atoms with Crippen molar-refractivity contribution in [3.8, 4) is 5.75 Å². The van der Waals surface area contributed by atoms with E-state index in [-0.39, 0.29) is 11.8 Å². The van der Waals surface area contributed by atoms with Crippen LogP contribution in [0.5, 0.6) is 5.75 Å². The van der Waals surface area contributed by atoms with Gasteiger partial charge in [0.1, 0.15) is 5.75 Å². The maximum Gasteiger partial charge on any atom is 0.255 e. The van der Waals surface area contributed by atoms with Crippen LogP contribution in [-0.2, 0) is 0 Å². The number of carbonyl (C=O) groups is 2. The fourth-order valence-electron chi connectivity index (χ4n) is 3.95. The Morgan fingerprint density at radius 3 is 2.55 bits per heavy atom. The molecule has 1 saturated heterocycles. The zero-order valence-corrected chi connectivity index (χ0v) is 18.5. The summed E-state index contributed by atoms with van der Waals surface area (Å²) in [4.78, 5) is 27.8. The normalized spacial score (nSPS) is 16.5. The van der Waals surface area contributed by atoms with Gasteiger partial charge in [0, 0.05) is 18.2 Å². The fourth-order valence-corrected chi connectivity index (χ4v) is 3.95. The number of anilines is 1. The highest BCUT2D eigenvalue weighted by Gasteiger charge is 2.17. The number of carbonyl (C=O) groups excluding carboxylic acids is 2. The summed E-state index contributed by atoms with van der Waals surface area (Å²) in [5.41, 5.74) is 1.47. The molecule has 1 atom stereocenters. The number of methoxy groups -OCH3 is 1. The minimum absolute atomic E-state index is 0.169. The fraction of sp³-hybridized carbons (Fsp3) is 0.440. The standard InChI is InChI=1S/C25H33N3O3/c1-19-9-5-7-17-28(19)18-8-6-16-26-25(30)22-10-3-4-11-23(22)27-24(29)20-12-14-21(31-2)15-13-20/h3-4,10-15,19H,5-9,16-18H2,1-2H3,(H,26,30)(H,27,29).